The fourth-order valence-corrected chi connectivity index (χ4v) is 3.60. The molecule has 3 heteroatoms. The second-order valence-electron chi connectivity index (χ2n) is 7.02. The van der Waals surface area contributed by atoms with Crippen LogP contribution in [-0.4, -0.2) is 54.6 Å². The van der Waals surface area contributed by atoms with Gasteiger partial charge in [-0.3, -0.25) is 4.90 Å². The zero-order chi connectivity index (χ0) is 13.2. The van der Waals surface area contributed by atoms with E-state index in [4.69, 9.17) is 5.73 Å². The van der Waals surface area contributed by atoms with Gasteiger partial charge >= 0.3 is 0 Å². The summed E-state index contributed by atoms with van der Waals surface area (Å²) in [6.45, 7) is 13.2. The van der Waals surface area contributed by atoms with Crippen LogP contribution in [0.15, 0.2) is 0 Å². The van der Waals surface area contributed by atoms with E-state index in [1.807, 2.05) is 0 Å². The van der Waals surface area contributed by atoms with Gasteiger partial charge in [-0.25, -0.2) is 0 Å². The number of rotatable bonds is 3. The third kappa shape index (κ3) is 3.46. The monoisotopic (exact) mass is 253 g/mol. The minimum atomic E-state index is 0.399. The highest BCUT2D eigenvalue weighted by molar-refractivity contribution is 4.94. The molecule has 0 aromatic rings. The average molecular weight is 253 g/mol. The Morgan fingerprint density at radius 2 is 1.83 bits per heavy atom. The molecule has 3 nitrogen and oxygen atoms in total. The van der Waals surface area contributed by atoms with Crippen molar-refractivity contribution in [3.8, 4) is 0 Å². The van der Waals surface area contributed by atoms with E-state index >= 15 is 0 Å². The molecule has 18 heavy (non-hydrogen) atoms. The van der Waals surface area contributed by atoms with Gasteiger partial charge in [0.15, 0.2) is 0 Å². The van der Waals surface area contributed by atoms with Crippen molar-refractivity contribution < 1.29 is 0 Å². The topological polar surface area (TPSA) is 32.5 Å². The lowest BCUT2D eigenvalue weighted by Crippen LogP contribution is -2.58. The van der Waals surface area contributed by atoms with E-state index in [9.17, 15) is 0 Å². The molecule has 1 saturated carbocycles. The Balaban J connectivity index is 1.88. The number of nitrogens with zero attached hydrogens (tertiary/aromatic N) is 2. The molecule has 0 aromatic carbocycles. The Morgan fingerprint density at radius 1 is 1.17 bits per heavy atom. The van der Waals surface area contributed by atoms with Gasteiger partial charge < -0.3 is 10.6 Å². The SMILES string of the molecule is CCCN1CCN(C2CC(C)(C)CCC2N)CC1. The van der Waals surface area contributed by atoms with E-state index in [1.165, 1.54) is 58.4 Å². The largest absolute Gasteiger partial charge is 0.326 e. The molecule has 0 amide bonds. The van der Waals surface area contributed by atoms with Gasteiger partial charge in [0, 0.05) is 38.3 Å². The summed E-state index contributed by atoms with van der Waals surface area (Å²) in [7, 11) is 0. The van der Waals surface area contributed by atoms with Crippen LogP contribution in [0.5, 0.6) is 0 Å². The lowest BCUT2D eigenvalue weighted by atomic mass is 9.72. The van der Waals surface area contributed by atoms with Gasteiger partial charge in [-0.05, 0) is 37.6 Å². The van der Waals surface area contributed by atoms with Crippen LogP contribution in [0.2, 0.25) is 0 Å². The van der Waals surface area contributed by atoms with Gasteiger partial charge in [0.05, 0.1) is 0 Å². The van der Waals surface area contributed by atoms with Crippen LogP contribution in [0.3, 0.4) is 0 Å². The normalized spacial score (nSPS) is 34.7. The molecule has 0 aromatic heterocycles. The Morgan fingerprint density at radius 3 is 2.44 bits per heavy atom. The maximum absolute atomic E-state index is 6.37. The number of hydrogen-bond donors (Lipinski definition) is 1. The Bertz CT molecular complexity index is 256. The summed E-state index contributed by atoms with van der Waals surface area (Å²) in [5.74, 6) is 0. The van der Waals surface area contributed by atoms with E-state index < -0.39 is 0 Å². The van der Waals surface area contributed by atoms with E-state index in [1.54, 1.807) is 0 Å². The van der Waals surface area contributed by atoms with Crippen LogP contribution in [0.25, 0.3) is 0 Å². The third-order valence-electron chi connectivity index (χ3n) is 4.83. The van der Waals surface area contributed by atoms with Crippen molar-refractivity contribution >= 4 is 0 Å². The molecular formula is C15H31N3. The molecular weight excluding hydrogens is 222 g/mol. The maximum Gasteiger partial charge on any atom is 0.0253 e. The average Bonchev–Trinajstić information content (AvgIpc) is 2.34. The Labute approximate surface area is 113 Å². The second-order valence-corrected chi connectivity index (χ2v) is 7.02. The molecule has 0 radical (unpaired) electrons. The smallest absolute Gasteiger partial charge is 0.0253 e. The molecule has 106 valence electrons. The van der Waals surface area contributed by atoms with Crippen molar-refractivity contribution in [2.75, 3.05) is 32.7 Å². The first-order valence-corrected chi connectivity index (χ1v) is 7.74. The van der Waals surface area contributed by atoms with E-state index in [0.717, 1.165) is 0 Å². The predicted octanol–water partition coefficient (Wildman–Crippen LogP) is 1.92. The lowest BCUT2D eigenvalue weighted by Gasteiger charge is -2.47. The first-order chi connectivity index (χ1) is 8.52. The van der Waals surface area contributed by atoms with Crippen molar-refractivity contribution in [3.05, 3.63) is 0 Å². The standard InChI is InChI=1S/C15H31N3/c1-4-7-17-8-10-18(11-9-17)14-12-15(2,3)6-5-13(14)16/h13-14H,4-12,16H2,1-3H3. The minimum absolute atomic E-state index is 0.399. The van der Waals surface area contributed by atoms with Crippen LogP contribution in [0.1, 0.15) is 46.5 Å². The summed E-state index contributed by atoms with van der Waals surface area (Å²) < 4.78 is 0. The van der Waals surface area contributed by atoms with Crippen LogP contribution >= 0.6 is 0 Å². The fourth-order valence-electron chi connectivity index (χ4n) is 3.60. The van der Waals surface area contributed by atoms with Crippen LogP contribution in [0, 0.1) is 5.41 Å². The first kappa shape index (κ1) is 14.3. The van der Waals surface area contributed by atoms with Crippen LogP contribution in [-0.2, 0) is 0 Å². The number of piperazine rings is 1. The van der Waals surface area contributed by atoms with Crippen molar-refractivity contribution in [2.24, 2.45) is 11.1 Å². The van der Waals surface area contributed by atoms with Gasteiger partial charge in [-0.15, -0.1) is 0 Å². The molecule has 0 bridgehead atoms. The summed E-state index contributed by atoms with van der Waals surface area (Å²) in [4.78, 5) is 5.26. The second kappa shape index (κ2) is 5.89. The molecule has 1 saturated heterocycles. The van der Waals surface area contributed by atoms with Gasteiger partial charge in [0.2, 0.25) is 0 Å². The molecule has 2 fully saturated rings. The van der Waals surface area contributed by atoms with E-state index in [2.05, 4.69) is 30.6 Å². The quantitative estimate of drug-likeness (QED) is 0.834. The van der Waals surface area contributed by atoms with E-state index in [-0.39, 0.29) is 0 Å². The summed E-state index contributed by atoms with van der Waals surface area (Å²) in [6.07, 6.45) is 5.05. The molecule has 1 aliphatic carbocycles. The molecule has 1 aliphatic heterocycles. The lowest BCUT2D eigenvalue weighted by molar-refractivity contribution is 0.0378. The maximum atomic E-state index is 6.37. The van der Waals surface area contributed by atoms with Crippen molar-refractivity contribution in [2.45, 2.75) is 58.5 Å². The van der Waals surface area contributed by atoms with Crippen LogP contribution < -0.4 is 5.73 Å². The highest BCUT2D eigenvalue weighted by Gasteiger charge is 2.37. The molecule has 2 N–H and O–H groups in total. The van der Waals surface area contributed by atoms with Crippen molar-refractivity contribution in [1.82, 2.24) is 9.80 Å². The highest BCUT2D eigenvalue weighted by atomic mass is 15.3. The van der Waals surface area contributed by atoms with Crippen molar-refractivity contribution in [1.29, 1.82) is 0 Å². The van der Waals surface area contributed by atoms with E-state index in [0.29, 0.717) is 17.5 Å². The first-order valence-electron chi connectivity index (χ1n) is 7.74. The number of nitrogens with two attached hydrogens (primary N) is 1. The molecule has 2 unspecified atom stereocenters. The summed E-state index contributed by atoms with van der Waals surface area (Å²) in [5, 5.41) is 0. The molecule has 1 heterocycles. The van der Waals surface area contributed by atoms with Gasteiger partial charge in [-0.2, -0.15) is 0 Å². The van der Waals surface area contributed by atoms with Crippen LogP contribution in [0.4, 0.5) is 0 Å². The minimum Gasteiger partial charge on any atom is -0.326 e. The van der Waals surface area contributed by atoms with Gasteiger partial charge in [-0.1, -0.05) is 20.8 Å². The third-order valence-corrected chi connectivity index (χ3v) is 4.83. The van der Waals surface area contributed by atoms with Gasteiger partial charge in [0.1, 0.15) is 0 Å². The summed E-state index contributed by atoms with van der Waals surface area (Å²) >= 11 is 0. The molecule has 2 rings (SSSR count). The summed E-state index contributed by atoms with van der Waals surface area (Å²) in [5.41, 5.74) is 6.86. The zero-order valence-electron chi connectivity index (χ0n) is 12.5. The summed E-state index contributed by atoms with van der Waals surface area (Å²) in [6, 6.07) is 1.02. The molecule has 2 atom stereocenters. The fraction of sp³-hybridized carbons (Fsp3) is 1.00. The Hall–Kier alpha value is -0.120. The Kier molecular flexibility index (Phi) is 4.68. The molecule has 0 spiro atoms. The predicted molar refractivity (Wildman–Crippen MR) is 77.7 cm³/mol. The molecule has 2 aliphatic rings. The van der Waals surface area contributed by atoms with Crippen molar-refractivity contribution in [3.63, 3.8) is 0 Å². The zero-order valence-corrected chi connectivity index (χ0v) is 12.5. The number of hydrogen-bond acceptors (Lipinski definition) is 3. The highest BCUT2D eigenvalue weighted by Crippen LogP contribution is 2.37. The van der Waals surface area contributed by atoms with Gasteiger partial charge in [0.25, 0.3) is 0 Å².